The van der Waals surface area contributed by atoms with Crippen molar-refractivity contribution in [2.24, 2.45) is 0 Å². The van der Waals surface area contributed by atoms with Crippen LogP contribution in [0.2, 0.25) is 0 Å². The van der Waals surface area contributed by atoms with Crippen molar-refractivity contribution in [1.82, 2.24) is 19.8 Å². The molecule has 0 saturated carbocycles. The minimum Gasteiger partial charge on any atom is -0.337 e. The highest BCUT2D eigenvalue weighted by molar-refractivity contribution is 7.16. The lowest BCUT2D eigenvalue weighted by atomic mass is 10.2. The smallest absolute Gasteiger partial charge is 0.262 e. The third-order valence-corrected chi connectivity index (χ3v) is 4.66. The van der Waals surface area contributed by atoms with Gasteiger partial charge in [0.15, 0.2) is 0 Å². The van der Waals surface area contributed by atoms with Gasteiger partial charge in [-0.2, -0.15) is 0 Å². The monoisotopic (exact) mass is 306 g/mol. The summed E-state index contributed by atoms with van der Waals surface area (Å²) in [6.07, 6.45) is 1.87. The van der Waals surface area contributed by atoms with Crippen molar-refractivity contribution in [2.75, 3.05) is 19.6 Å². The Bertz CT molecular complexity index is 708. The number of nitrogens with one attached hydrogen (secondary N) is 1. The molecule has 112 valence electrons. The summed E-state index contributed by atoms with van der Waals surface area (Å²) in [5.74, 6) is 0.0984. The van der Waals surface area contributed by atoms with Crippen molar-refractivity contribution in [3.8, 4) is 0 Å². The maximum Gasteiger partial charge on any atom is 0.262 e. The van der Waals surface area contributed by atoms with Gasteiger partial charge in [-0.3, -0.25) is 14.2 Å². The van der Waals surface area contributed by atoms with E-state index in [0.717, 1.165) is 24.5 Å². The highest BCUT2D eigenvalue weighted by atomic mass is 32.1. The minimum absolute atomic E-state index is 0.0672. The highest BCUT2D eigenvalue weighted by Crippen LogP contribution is 2.13. The summed E-state index contributed by atoms with van der Waals surface area (Å²) in [6.45, 7) is 4.81. The van der Waals surface area contributed by atoms with Gasteiger partial charge in [-0.05, 0) is 18.4 Å². The number of aromatic nitrogens is 2. The van der Waals surface area contributed by atoms with E-state index in [1.54, 1.807) is 6.07 Å². The molecule has 3 heterocycles. The number of hydrogen-bond acceptors (Lipinski definition) is 5. The Morgan fingerprint density at radius 3 is 3.24 bits per heavy atom. The first kappa shape index (κ1) is 14.2. The van der Waals surface area contributed by atoms with E-state index in [2.05, 4.69) is 10.3 Å². The van der Waals surface area contributed by atoms with Crippen LogP contribution in [-0.4, -0.2) is 46.0 Å². The van der Waals surface area contributed by atoms with Gasteiger partial charge in [0.1, 0.15) is 4.83 Å². The zero-order chi connectivity index (χ0) is 14.8. The average Bonchev–Trinajstić information content (AvgIpc) is 2.96. The molecule has 7 heteroatoms. The second-order valence-corrected chi connectivity index (χ2v) is 6.17. The molecule has 0 aromatic carbocycles. The Morgan fingerprint density at radius 1 is 1.57 bits per heavy atom. The summed E-state index contributed by atoms with van der Waals surface area (Å²) in [6, 6.07) is 1.99. The van der Waals surface area contributed by atoms with E-state index in [4.69, 9.17) is 0 Å². The quantitative estimate of drug-likeness (QED) is 0.905. The molecule has 3 rings (SSSR count). The zero-order valence-corrected chi connectivity index (χ0v) is 12.7. The molecule has 1 amide bonds. The molecule has 2 aromatic rings. The molecule has 1 N–H and O–H groups in total. The second-order valence-electron chi connectivity index (χ2n) is 5.27. The molecule has 2 aromatic heterocycles. The maximum absolute atomic E-state index is 12.3. The summed E-state index contributed by atoms with van der Waals surface area (Å²) >= 11 is 1.45. The predicted octanol–water partition coefficient (Wildman–Crippen LogP) is 0.668. The Kier molecular flexibility index (Phi) is 4.03. The number of hydrogen-bond donors (Lipinski definition) is 1. The normalized spacial score (nSPS) is 19.1. The first-order valence-electron chi connectivity index (χ1n) is 7.09. The van der Waals surface area contributed by atoms with Crippen LogP contribution in [-0.2, 0) is 11.3 Å². The SMILES string of the molecule is C[C@@H]1CNCCN1C(=O)CCn1cnc2sccc2c1=O. The number of fused-ring (bicyclic) bond motifs is 1. The van der Waals surface area contributed by atoms with Gasteiger partial charge in [0, 0.05) is 38.6 Å². The fourth-order valence-corrected chi connectivity index (χ4v) is 3.35. The first-order valence-corrected chi connectivity index (χ1v) is 7.97. The number of carbonyl (C=O) groups is 1. The topological polar surface area (TPSA) is 67.2 Å². The lowest BCUT2D eigenvalue weighted by Gasteiger charge is -2.34. The van der Waals surface area contributed by atoms with Crippen LogP contribution in [0.5, 0.6) is 0 Å². The van der Waals surface area contributed by atoms with Crippen molar-refractivity contribution in [3.63, 3.8) is 0 Å². The predicted molar refractivity (Wildman–Crippen MR) is 82.5 cm³/mol. The maximum atomic E-state index is 12.3. The molecule has 1 fully saturated rings. The summed E-state index contributed by atoms with van der Waals surface area (Å²) in [5, 5.41) is 5.75. The van der Waals surface area contributed by atoms with Crippen LogP contribution in [0.3, 0.4) is 0 Å². The fraction of sp³-hybridized carbons (Fsp3) is 0.500. The average molecular weight is 306 g/mol. The van der Waals surface area contributed by atoms with E-state index in [1.807, 2.05) is 17.2 Å². The van der Waals surface area contributed by atoms with E-state index in [-0.39, 0.29) is 17.5 Å². The van der Waals surface area contributed by atoms with Crippen LogP contribution in [0.1, 0.15) is 13.3 Å². The Hall–Kier alpha value is -1.73. The number of nitrogens with zero attached hydrogens (tertiary/aromatic N) is 3. The van der Waals surface area contributed by atoms with E-state index in [9.17, 15) is 9.59 Å². The third-order valence-electron chi connectivity index (χ3n) is 3.84. The first-order chi connectivity index (χ1) is 10.2. The summed E-state index contributed by atoms with van der Waals surface area (Å²) in [7, 11) is 0. The van der Waals surface area contributed by atoms with Gasteiger partial charge in [-0.25, -0.2) is 4.98 Å². The zero-order valence-electron chi connectivity index (χ0n) is 11.9. The summed E-state index contributed by atoms with van der Waals surface area (Å²) < 4.78 is 1.53. The van der Waals surface area contributed by atoms with Gasteiger partial charge in [0.25, 0.3) is 5.56 Å². The Labute approximate surface area is 126 Å². The van der Waals surface area contributed by atoms with E-state index >= 15 is 0 Å². The number of piperazine rings is 1. The van der Waals surface area contributed by atoms with Crippen LogP contribution >= 0.6 is 11.3 Å². The summed E-state index contributed by atoms with van der Waals surface area (Å²) in [5.41, 5.74) is -0.0672. The van der Waals surface area contributed by atoms with Crippen molar-refractivity contribution in [3.05, 3.63) is 28.1 Å². The van der Waals surface area contributed by atoms with Crippen molar-refractivity contribution >= 4 is 27.5 Å². The number of thiophene rings is 1. The van der Waals surface area contributed by atoms with Gasteiger partial charge >= 0.3 is 0 Å². The molecule has 1 aliphatic rings. The molecular weight excluding hydrogens is 288 g/mol. The lowest BCUT2D eigenvalue weighted by molar-refractivity contribution is -0.134. The Balaban J connectivity index is 1.70. The molecule has 0 radical (unpaired) electrons. The van der Waals surface area contributed by atoms with E-state index in [0.29, 0.717) is 18.4 Å². The molecule has 21 heavy (non-hydrogen) atoms. The highest BCUT2D eigenvalue weighted by Gasteiger charge is 2.22. The van der Waals surface area contributed by atoms with Gasteiger partial charge < -0.3 is 10.2 Å². The van der Waals surface area contributed by atoms with E-state index in [1.165, 1.54) is 22.2 Å². The molecule has 1 atom stereocenters. The molecule has 0 unspecified atom stereocenters. The molecule has 0 bridgehead atoms. The Morgan fingerprint density at radius 2 is 2.43 bits per heavy atom. The van der Waals surface area contributed by atoms with Gasteiger partial charge in [0.2, 0.25) is 5.91 Å². The van der Waals surface area contributed by atoms with Crippen LogP contribution < -0.4 is 10.9 Å². The molecule has 0 aliphatic carbocycles. The lowest BCUT2D eigenvalue weighted by Crippen LogP contribution is -2.52. The number of carbonyl (C=O) groups excluding carboxylic acids is 1. The molecule has 1 aliphatic heterocycles. The summed E-state index contributed by atoms with van der Waals surface area (Å²) in [4.78, 5) is 31.4. The van der Waals surface area contributed by atoms with Gasteiger partial charge in [-0.1, -0.05) is 0 Å². The second kappa shape index (κ2) is 5.95. The molecule has 0 spiro atoms. The van der Waals surface area contributed by atoms with Crippen LogP contribution in [0.4, 0.5) is 0 Å². The minimum atomic E-state index is -0.0672. The number of aryl methyl sites for hydroxylation is 1. The van der Waals surface area contributed by atoms with E-state index < -0.39 is 0 Å². The molecule has 1 saturated heterocycles. The van der Waals surface area contributed by atoms with Crippen LogP contribution in [0, 0.1) is 0 Å². The van der Waals surface area contributed by atoms with Gasteiger partial charge in [0.05, 0.1) is 11.7 Å². The van der Waals surface area contributed by atoms with Gasteiger partial charge in [-0.15, -0.1) is 11.3 Å². The fourth-order valence-electron chi connectivity index (χ4n) is 2.62. The molecule has 6 nitrogen and oxygen atoms in total. The largest absolute Gasteiger partial charge is 0.337 e. The van der Waals surface area contributed by atoms with Crippen LogP contribution in [0.15, 0.2) is 22.6 Å². The van der Waals surface area contributed by atoms with Crippen molar-refractivity contribution in [2.45, 2.75) is 25.9 Å². The number of rotatable bonds is 3. The van der Waals surface area contributed by atoms with Crippen molar-refractivity contribution in [1.29, 1.82) is 0 Å². The molecular formula is C14H18N4O2S. The third kappa shape index (κ3) is 2.84. The standard InChI is InChI=1S/C14H18N4O2S/c1-10-8-15-4-6-18(10)12(19)2-5-17-9-16-13-11(14(17)20)3-7-21-13/h3,7,9-10,15H,2,4-6,8H2,1H3/t10-/m1/s1. The van der Waals surface area contributed by atoms with Crippen LogP contribution in [0.25, 0.3) is 10.2 Å². The number of amides is 1. The van der Waals surface area contributed by atoms with Crippen molar-refractivity contribution < 1.29 is 4.79 Å².